The van der Waals surface area contributed by atoms with E-state index in [1.165, 1.54) is 0 Å². The number of rotatable bonds is 6. The molecule has 0 radical (unpaired) electrons. The fourth-order valence-electron chi connectivity index (χ4n) is 1.62. The summed E-state index contributed by atoms with van der Waals surface area (Å²) in [5.74, 6) is -0.203. The molecule has 0 unspecified atom stereocenters. The van der Waals surface area contributed by atoms with Crippen molar-refractivity contribution in [2.45, 2.75) is 6.42 Å². The van der Waals surface area contributed by atoms with Gasteiger partial charge in [-0.25, -0.2) is 0 Å². The van der Waals surface area contributed by atoms with Crippen molar-refractivity contribution in [1.82, 2.24) is 15.6 Å². The molecule has 0 fully saturated rings. The molecule has 6 heteroatoms. The second kappa shape index (κ2) is 7.40. The Morgan fingerprint density at radius 1 is 1.10 bits per heavy atom. The van der Waals surface area contributed by atoms with Crippen LogP contribution in [-0.4, -0.2) is 29.9 Å². The number of amides is 2. The number of hydrogen-bond acceptors (Lipinski definition) is 4. The molecule has 0 aliphatic carbocycles. The normalized spacial score (nSPS) is 10.0. The van der Waals surface area contributed by atoms with Crippen molar-refractivity contribution in [3.05, 3.63) is 52.5 Å². The molecule has 0 bridgehead atoms. The van der Waals surface area contributed by atoms with Gasteiger partial charge in [0.15, 0.2) is 0 Å². The molecule has 0 aromatic carbocycles. The molecule has 2 rings (SSSR count). The van der Waals surface area contributed by atoms with E-state index in [4.69, 9.17) is 0 Å². The minimum absolute atomic E-state index is 0.0365. The fourth-order valence-corrected chi connectivity index (χ4v) is 2.32. The quantitative estimate of drug-likeness (QED) is 0.786. The maximum atomic E-state index is 11.7. The predicted octanol–water partition coefficient (Wildman–Crippen LogP) is 1.23. The first-order valence-electron chi connectivity index (χ1n) is 6.23. The highest BCUT2D eigenvalue weighted by molar-refractivity contribution is 7.10. The van der Waals surface area contributed by atoms with Gasteiger partial charge in [-0.2, -0.15) is 0 Å². The lowest BCUT2D eigenvalue weighted by Gasteiger charge is -2.06. The second-order valence-corrected chi connectivity index (χ2v) is 5.13. The third-order valence-corrected chi connectivity index (χ3v) is 3.47. The topological polar surface area (TPSA) is 71.1 Å². The molecule has 0 aliphatic rings. The van der Waals surface area contributed by atoms with Crippen LogP contribution in [0.15, 0.2) is 42.0 Å². The van der Waals surface area contributed by atoms with Crippen LogP contribution in [0.1, 0.15) is 15.2 Å². The summed E-state index contributed by atoms with van der Waals surface area (Å²) >= 11 is 1.56. The Morgan fingerprint density at radius 2 is 1.85 bits per heavy atom. The summed E-state index contributed by atoms with van der Waals surface area (Å²) in [6.45, 7) is 0.818. The number of thiophene rings is 1. The van der Waals surface area contributed by atoms with Gasteiger partial charge in [-0.3, -0.25) is 14.6 Å². The van der Waals surface area contributed by atoms with Crippen LogP contribution in [0.5, 0.6) is 0 Å². The molecule has 0 atom stereocenters. The van der Waals surface area contributed by atoms with Gasteiger partial charge in [0, 0.05) is 35.9 Å². The van der Waals surface area contributed by atoms with E-state index in [2.05, 4.69) is 15.6 Å². The van der Waals surface area contributed by atoms with Gasteiger partial charge in [-0.1, -0.05) is 6.07 Å². The fraction of sp³-hybridized carbons (Fsp3) is 0.214. The molecule has 2 N–H and O–H groups in total. The molecule has 0 saturated carbocycles. The Labute approximate surface area is 121 Å². The third-order valence-electron chi connectivity index (χ3n) is 2.59. The SMILES string of the molecule is O=C(Cc1cccs1)NCCNC(=O)c1ccncc1. The molecular weight excluding hydrogens is 274 g/mol. The van der Waals surface area contributed by atoms with Crippen molar-refractivity contribution in [3.63, 3.8) is 0 Å². The molecule has 2 aromatic heterocycles. The summed E-state index contributed by atoms with van der Waals surface area (Å²) in [6.07, 6.45) is 3.52. The summed E-state index contributed by atoms with van der Waals surface area (Å²) in [6, 6.07) is 7.13. The monoisotopic (exact) mass is 289 g/mol. The van der Waals surface area contributed by atoms with Gasteiger partial charge in [-0.15, -0.1) is 11.3 Å². The zero-order valence-corrected chi connectivity index (χ0v) is 11.7. The molecule has 0 spiro atoms. The van der Waals surface area contributed by atoms with Gasteiger partial charge in [0.25, 0.3) is 5.91 Å². The van der Waals surface area contributed by atoms with Crippen molar-refractivity contribution in [3.8, 4) is 0 Å². The standard InChI is InChI=1S/C14H15N3O2S/c18-13(10-12-2-1-9-20-12)16-7-8-17-14(19)11-3-5-15-6-4-11/h1-6,9H,7-8,10H2,(H,16,18)(H,17,19). The molecule has 5 nitrogen and oxygen atoms in total. The average molecular weight is 289 g/mol. The van der Waals surface area contributed by atoms with Crippen LogP contribution in [0.4, 0.5) is 0 Å². The van der Waals surface area contributed by atoms with Crippen molar-refractivity contribution >= 4 is 23.2 Å². The molecule has 20 heavy (non-hydrogen) atoms. The number of aromatic nitrogens is 1. The summed E-state index contributed by atoms with van der Waals surface area (Å²) < 4.78 is 0. The maximum absolute atomic E-state index is 11.7. The van der Waals surface area contributed by atoms with E-state index in [1.807, 2.05) is 17.5 Å². The minimum Gasteiger partial charge on any atom is -0.354 e. The number of nitrogens with one attached hydrogen (secondary N) is 2. The number of hydrogen-bond donors (Lipinski definition) is 2. The van der Waals surface area contributed by atoms with Crippen LogP contribution in [0, 0.1) is 0 Å². The minimum atomic E-state index is -0.167. The molecule has 2 aromatic rings. The van der Waals surface area contributed by atoms with E-state index in [1.54, 1.807) is 35.9 Å². The van der Waals surface area contributed by atoms with Gasteiger partial charge in [0.2, 0.25) is 5.91 Å². The van der Waals surface area contributed by atoms with Crippen LogP contribution in [0.3, 0.4) is 0 Å². The number of pyridine rings is 1. The lowest BCUT2D eigenvalue weighted by atomic mass is 10.2. The van der Waals surface area contributed by atoms with Gasteiger partial charge in [0.05, 0.1) is 6.42 Å². The maximum Gasteiger partial charge on any atom is 0.251 e. The zero-order chi connectivity index (χ0) is 14.2. The average Bonchev–Trinajstić information content (AvgIpc) is 2.97. The van der Waals surface area contributed by atoms with E-state index in [0.717, 1.165) is 4.88 Å². The predicted molar refractivity (Wildman–Crippen MR) is 77.6 cm³/mol. The van der Waals surface area contributed by atoms with E-state index in [9.17, 15) is 9.59 Å². The molecule has 0 aliphatic heterocycles. The molecule has 104 valence electrons. The molecule has 2 amide bonds. The highest BCUT2D eigenvalue weighted by Crippen LogP contribution is 2.08. The van der Waals surface area contributed by atoms with Gasteiger partial charge in [-0.05, 0) is 23.6 Å². The van der Waals surface area contributed by atoms with Crippen LogP contribution < -0.4 is 10.6 Å². The lowest BCUT2D eigenvalue weighted by molar-refractivity contribution is -0.120. The summed E-state index contributed by atoms with van der Waals surface area (Å²) in [5, 5.41) is 7.44. The Balaban J connectivity index is 1.64. The zero-order valence-electron chi connectivity index (χ0n) is 10.8. The van der Waals surface area contributed by atoms with Gasteiger partial charge in [0.1, 0.15) is 0 Å². The van der Waals surface area contributed by atoms with Crippen LogP contribution in [-0.2, 0) is 11.2 Å². The highest BCUT2D eigenvalue weighted by Gasteiger charge is 2.05. The first-order chi connectivity index (χ1) is 9.75. The Kier molecular flexibility index (Phi) is 5.25. The molecule has 2 heterocycles. The lowest BCUT2D eigenvalue weighted by Crippen LogP contribution is -2.35. The first kappa shape index (κ1) is 14.2. The number of nitrogens with zero attached hydrogens (tertiary/aromatic N) is 1. The van der Waals surface area contributed by atoms with E-state index < -0.39 is 0 Å². The summed E-state index contributed by atoms with van der Waals surface area (Å²) in [4.78, 5) is 28.2. The smallest absolute Gasteiger partial charge is 0.251 e. The van der Waals surface area contributed by atoms with Crippen molar-refractivity contribution in [1.29, 1.82) is 0 Å². The van der Waals surface area contributed by atoms with Crippen LogP contribution in [0.25, 0.3) is 0 Å². The Bertz CT molecular complexity index is 555. The van der Waals surface area contributed by atoms with Gasteiger partial charge >= 0.3 is 0 Å². The Morgan fingerprint density at radius 3 is 2.55 bits per heavy atom. The van der Waals surface area contributed by atoms with Crippen molar-refractivity contribution < 1.29 is 9.59 Å². The van der Waals surface area contributed by atoms with Gasteiger partial charge < -0.3 is 10.6 Å². The van der Waals surface area contributed by atoms with Crippen molar-refractivity contribution in [2.24, 2.45) is 0 Å². The highest BCUT2D eigenvalue weighted by atomic mass is 32.1. The number of carbonyl (C=O) groups excluding carboxylic acids is 2. The van der Waals surface area contributed by atoms with E-state index >= 15 is 0 Å². The Hall–Kier alpha value is -2.21. The van der Waals surface area contributed by atoms with Crippen molar-refractivity contribution in [2.75, 3.05) is 13.1 Å². The number of carbonyl (C=O) groups is 2. The first-order valence-corrected chi connectivity index (χ1v) is 7.11. The van der Waals surface area contributed by atoms with Crippen LogP contribution >= 0.6 is 11.3 Å². The summed E-state index contributed by atoms with van der Waals surface area (Å²) in [5.41, 5.74) is 0.560. The summed E-state index contributed by atoms with van der Waals surface area (Å²) in [7, 11) is 0. The second-order valence-electron chi connectivity index (χ2n) is 4.10. The van der Waals surface area contributed by atoms with E-state index in [0.29, 0.717) is 25.1 Å². The third kappa shape index (κ3) is 4.47. The van der Waals surface area contributed by atoms with E-state index in [-0.39, 0.29) is 11.8 Å². The van der Waals surface area contributed by atoms with Crippen LogP contribution in [0.2, 0.25) is 0 Å². The molecule has 0 saturated heterocycles. The largest absolute Gasteiger partial charge is 0.354 e. The molecular formula is C14H15N3O2S.